The van der Waals surface area contributed by atoms with E-state index in [0.717, 1.165) is 38.0 Å². The summed E-state index contributed by atoms with van der Waals surface area (Å²) in [4.78, 5) is 4.45. The summed E-state index contributed by atoms with van der Waals surface area (Å²) in [7, 11) is 2.03. The first-order valence-corrected chi connectivity index (χ1v) is 8.16. The molecule has 0 aliphatic carbocycles. The van der Waals surface area contributed by atoms with Crippen LogP contribution in [0.5, 0.6) is 0 Å². The predicted molar refractivity (Wildman–Crippen MR) is 81.1 cm³/mol. The van der Waals surface area contributed by atoms with Crippen LogP contribution in [0.25, 0.3) is 0 Å². The van der Waals surface area contributed by atoms with Crippen LogP contribution in [0.4, 0.5) is 0 Å². The van der Waals surface area contributed by atoms with E-state index < -0.39 is 0 Å². The highest BCUT2D eigenvalue weighted by atomic mass is 16.5. The zero-order valence-electron chi connectivity index (χ0n) is 13.1. The van der Waals surface area contributed by atoms with Gasteiger partial charge in [-0.25, -0.2) is 4.98 Å². The summed E-state index contributed by atoms with van der Waals surface area (Å²) in [6.45, 7) is 4.97. The monoisotopic (exact) mass is 293 g/mol. The lowest BCUT2D eigenvalue weighted by Crippen LogP contribution is -2.40. The molecule has 2 aliphatic rings. The first-order valence-electron chi connectivity index (χ1n) is 8.16. The molecule has 118 valence electrons. The van der Waals surface area contributed by atoms with Crippen LogP contribution in [0.1, 0.15) is 44.5 Å². The zero-order valence-corrected chi connectivity index (χ0v) is 13.1. The van der Waals surface area contributed by atoms with Gasteiger partial charge in [0.15, 0.2) is 0 Å². The van der Waals surface area contributed by atoms with E-state index in [-0.39, 0.29) is 6.10 Å². The molecule has 0 spiro atoms. The number of ether oxygens (including phenoxy) is 2. The smallest absolute Gasteiger partial charge is 0.139 e. The Morgan fingerprint density at radius 3 is 2.86 bits per heavy atom. The van der Waals surface area contributed by atoms with Crippen molar-refractivity contribution in [2.24, 2.45) is 13.0 Å². The Morgan fingerprint density at radius 1 is 1.33 bits per heavy atom. The minimum absolute atomic E-state index is 0.0853. The minimum atomic E-state index is 0.0853. The highest BCUT2D eigenvalue weighted by molar-refractivity contribution is 5.03. The molecular weight excluding hydrogens is 266 g/mol. The van der Waals surface area contributed by atoms with Crippen molar-refractivity contribution in [3.05, 3.63) is 18.2 Å². The van der Waals surface area contributed by atoms with Crippen LogP contribution >= 0.6 is 0 Å². The van der Waals surface area contributed by atoms with E-state index in [4.69, 9.17) is 9.47 Å². The molecule has 1 aromatic heterocycles. The van der Waals surface area contributed by atoms with Gasteiger partial charge in [0.25, 0.3) is 0 Å². The molecule has 3 atom stereocenters. The summed E-state index contributed by atoms with van der Waals surface area (Å²) < 4.78 is 13.4. The van der Waals surface area contributed by atoms with Crippen molar-refractivity contribution in [2.45, 2.75) is 50.8 Å². The van der Waals surface area contributed by atoms with Crippen molar-refractivity contribution < 1.29 is 9.47 Å². The molecule has 2 saturated heterocycles. The SMILES string of the molecule is CC(CC1CCOCC1)N[C@H]1CCO[C@@H]1c1nccn1C. The van der Waals surface area contributed by atoms with Crippen LogP contribution in [0, 0.1) is 5.92 Å². The Hall–Kier alpha value is -0.910. The van der Waals surface area contributed by atoms with Gasteiger partial charge in [0.05, 0.1) is 0 Å². The van der Waals surface area contributed by atoms with Crippen LogP contribution in [0.3, 0.4) is 0 Å². The molecule has 1 unspecified atom stereocenters. The van der Waals surface area contributed by atoms with Gasteiger partial charge >= 0.3 is 0 Å². The van der Waals surface area contributed by atoms with E-state index >= 15 is 0 Å². The standard InChI is InChI=1S/C16H27N3O2/c1-12(11-13-3-8-20-9-4-13)18-14-5-10-21-15(14)16-17-6-7-19(16)2/h6-7,12-15,18H,3-5,8-11H2,1-2H3/t12?,14-,15-/m0/s1. The van der Waals surface area contributed by atoms with Crippen LogP contribution in [0.15, 0.2) is 12.4 Å². The van der Waals surface area contributed by atoms with Gasteiger partial charge in [0.1, 0.15) is 11.9 Å². The van der Waals surface area contributed by atoms with E-state index in [2.05, 4.69) is 21.8 Å². The van der Waals surface area contributed by atoms with E-state index in [9.17, 15) is 0 Å². The molecule has 0 amide bonds. The fourth-order valence-electron chi connectivity index (χ4n) is 3.58. The third-order valence-electron chi connectivity index (χ3n) is 4.73. The van der Waals surface area contributed by atoms with Crippen LogP contribution in [-0.2, 0) is 16.5 Å². The lowest BCUT2D eigenvalue weighted by atomic mass is 9.92. The van der Waals surface area contributed by atoms with Gasteiger partial charge in [-0.3, -0.25) is 0 Å². The molecule has 21 heavy (non-hydrogen) atoms. The third kappa shape index (κ3) is 3.65. The second-order valence-electron chi connectivity index (χ2n) is 6.44. The molecule has 1 N–H and O–H groups in total. The van der Waals surface area contributed by atoms with E-state index in [1.807, 2.05) is 19.4 Å². The first kappa shape index (κ1) is 15.0. The normalized spacial score (nSPS) is 28.9. The summed E-state index contributed by atoms with van der Waals surface area (Å²) in [6.07, 6.45) is 8.62. The fourth-order valence-corrected chi connectivity index (χ4v) is 3.58. The largest absolute Gasteiger partial charge is 0.381 e. The second kappa shape index (κ2) is 6.90. The van der Waals surface area contributed by atoms with Crippen molar-refractivity contribution >= 4 is 0 Å². The van der Waals surface area contributed by atoms with E-state index in [0.29, 0.717) is 12.1 Å². The fraction of sp³-hybridized carbons (Fsp3) is 0.812. The topological polar surface area (TPSA) is 48.3 Å². The maximum absolute atomic E-state index is 5.92. The predicted octanol–water partition coefficient (Wildman–Crippen LogP) is 2.04. The number of aryl methyl sites for hydroxylation is 1. The summed E-state index contributed by atoms with van der Waals surface area (Å²) in [6, 6.07) is 0.892. The summed E-state index contributed by atoms with van der Waals surface area (Å²) in [5.41, 5.74) is 0. The number of nitrogens with zero attached hydrogens (tertiary/aromatic N) is 2. The quantitative estimate of drug-likeness (QED) is 0.902. The number of aromatic nitrogens is 2. The molecular formula is C16H27N3O2. The summed E-state index contributed by atoms with van der Waals surface area (Å²) in [5, 5.41) is 3.77. The van der Waals surface area contributed by atoms with Gasteiger partial charge in [0.2, 0.25) is 0 Å². The van der Waals surface area contributed by atoms with Gasteiger partial charge < -0.3 is 19.4 Å². The number of rotatable bonds is 5. The zero-order chi connectivity index (χ0) is 14.7. The van der Waals surface area contributed by atoms with Gasteiger partial charge in [-0.05, 0) is 38.5 Å². The maximum Gasteiger partial charge on any atom is 0.139 e. The highest BCUT2D eigenvalue weighted by Crippen LogP contribution is 2.29. The molecule has 0 radical (unpaired) electrons. The highest BCUT2D eigenvalue weighted by Gasteiger charge is 2.33. The Morgan fingerprint density at radius 2 is 2.14 bits per heavy atom. The maximum atomic E-state index is 5.92. The van der Waals surface area contributed by atoms with Crippen LogP contribution in [-0.4, -0.2) is 41.5 Å². The summed E-state index contributed by atoms with van der Waals surface area (Å²) in [5.74, 6) is 1.83. The average molecular weight is 293 g/mol. The van der Waals surface area contributed by atoms with Crippen molar-refractivity contribution in [1.29, 1.82) is 0 Å². The molecule has 3 rings (SSSR count). The van der Waals surface area contributed by atoms with Crippen molar-refractivity contribution in [1.82, 2.24) is 14.9 Å². The number of hydrogen-bond donors (Lipinski definition) is 1. The van der Waals surface area contributed by atoms with Gasteiger partial charge in [-0.2, -0.15) is 0 Å². The minimum Gasteiger partial charge on any atom is -0.381 e. The number of nitrogens with one attached hydrogen (secondary N) is 1. The molecule has 2 aliphatic heterocycles. The van der Waals surface area contributed by atoms with E-state index in [1.54, 1.807) is 0 Å². The Balaban J connectivity index is 1.54. The lowest BCUT2D eigenvalue weighted by molar-refractivity contribution is 0.0584. The van der Waals surface area contributed by atoms with Crippen molar-refractivity contribution in [3.63, 3.8) is 0 Å². The molecule has 1 aromatic rings. The van der Waals surface area contributed by atoms with Crippen molar-refractivity contribution in [3.8, 4) is 0 Å². The molecule has 5 heteroatoms. The molecule has 0 bridgehead atoms. The molecule has 2 fully saturated rings. The molecule has 5 nitrogen and oxygen atoms in total. The molecule has 0 aromatic carbocycles. The second-order valence-corrected chi connectivity index (χ2v) is 6.44. The molecule has 0 saturated carbocycles. The van der Waals surface area contributed by atoms with Gasteiger partial charge in [-0.1, -0.05) is 0 Å². The Labute approximate surface area is 127 Å². The number of imidazole rings is 1. The Kier molecular flexibility index (Phi) is 4.93. The third-order valence-corrected chi connectivity index (χ3v) is 4.73. The van der Waals surface area contributed by atoms with Gasteiger partial charge in [0, 0.05) is 51.3 Å². The molecule has 3 heterocycles. The summed E-state index contributed by atoms with van der Waals surface area (Å²) >= 11 is 0. The van der Waals surface area contributed by atoms with Crippen LogP contribution in [0.2, 0.25) is 0 Å². The van der Waals surface area contributed by atoms with Crippen molar-refractivity contribution in [2.75, 3.05) is 19.8 Å². The first-order chi connectivity index (χ1) is 10.2. The average Bonchev–Trinajstić information content (AvgIpc) is 3.08. The van der Waals surface area contributed by atoms with E-state index in [1.165, 1.54) is 19.3 Å². The number of hydrogen-bond acceptors (Lipinski definition) is 4. The lowest BCUT2D eigenvalue weighted by Gasteiger charge is -2.28. The van der Waals surface area contributed by atoms with Gasteiger partial charge in [-0.15, -0.1) is 0 Å². The van der Waals surface area contributed by atoms with Crippen LogP contribution < -0.4 is 5.32 Å². The Bertz CT molecular complexity index is 442.